The van der Waals surface area contributed by atoms with Crippen molar-refractivity contribution >= 4 is 81.3 Å². The number of anilines is 3. The third-order valence-electron chi connectivity index (χ3n) is 10.8. The minimum absolute atomic E-state index is 0.870. The molecule has 55 heavy (non-hydrogen) atoms. The Labute approximate surface area is 322 Å². The smallest absolute Gasteiger partial charge is 0.137 e. The molecule has 9 aromatic carbocycles. The molecule has 0 aliphatic carbocycles. The van der Waals surface area contributed by atoms with E-state index in [0.717, 1.165) is 44.6 Å². The Hall–Kier alpha value is -6.94. The Balaban J connectivity index is 1.09. The molecule has 0 radical (unpaired) electrons. The fourth-order valence-electron chi connectivity index (χ4n) is 8.33. The van der Waals surface area contributed by atoms with Gasteiger partial charge in [0.25, 0.3) is 0 Å². The highest BCUT2D eigenvalue weighted by atomic mass is 32.1. The molecule has 0 amide bonds. The molecule has 0 saturated heterocycles. The molecule has 0 unspecified atom stereocenters. The minimum atomic E-state index is 0.870. The van der Waals surface area contributed by atoms with Crippen molar-refractivity contribution in [3.63, 3.8) is 0 Å². The largest absolute Gasteiger partial charge is 0.456 e. The van der Waals surface area contributed by atoms with Crippen molar-refractivity contribution in [2.75, 3.05) is 4.90 Å². The van der Waals surface area contributed by atoms with Gasteiger partial charge in [-0.3, -0.25) is 0 Å². The molecule has 0 bridgehead atoms. The standard InChI is InChI=1S/C52H33NOS/c1-2-12-34(13-3-1)37-15-8-16-38(32-37)39-17-9-18-41(33-39)53(45-22-11-24-47-51(45)43-19-4-6-23-46(43)54-47)40-29-26-35(27-30-40)42-21-10-14-36-28-31-49-52(50(36)42)44-20-5-7-25-48(44)55-49/h1-33H. The van der Waals surface area contributed by atoms with Crippen LogP contribution in [0, 0.1) is 0 Å². The number of thiophene rings is 1. The lowest BCUT2D eigenvalue weighted by Crippen LogP contribution is -2.10. The van der Waals surface area contributed by atoms with E-state index in [2.05, 4.69) is 199 Å². The molecule has 2 aromatic heterocycles. The molecule has 0 N–H and O–H groups in total. The summed E-state index contributed by atoms with van der Waals surface area (Å²) >= 11 is 1.87. The van der Waals surface area contributed by atoms with Gasteiger partial charge in [0, 0.05) is 36.9 Å². The summed E-state index contributed by atoms with van der Waals surface area (Å²) in [6.45, 7) is 0. The quantitative estimate of drug-likeness (QED) is 0.170. The van der Waals surface area contributed by atoms with Gasteiger partial charge in [0.05, 0.1) is 11.1 Å². The fraction of sp³-hybridized carbons (Fsp3) is 0. The maximum atomic E-state index is 6.41. The van der Waals surface area contributed by atoms with E-state index in [0.29, 0.717) is 0 Å². The van der Waals surface area contributed by atoms with Crippen molar-refractivity contribution in [1.82, 2.24) is 0 Å². The zero-order chi connectivity index (χ0) is 36.3. The van der Waals surface area contributed by atoms with E-state index in [4.69, 9.17) is 4.42 Å². The molecular formula is C52H33NOS. The molecular weight excluding hydrogens is 687 g/mol. The Morgan fingerprint density at radius 2 is 1.04 bits per heavy atom. The Kier molecular flexibility index (Phi) is 7.39. The lowest BCUT2D eigenvalue weighted by atomic mass is 9.94. The Morgan fingerprint density at radius 1 is 0.364 bits per heavy atom. The van der Waals surface area contributed by atoms with Crippen LogP contribution in [0.25, 0.3) is 86.3 Å². The summed E-state index contributed by atoms with van der Waals surface area (Å²) in [6, 6.07) is 72.1. The number of hydrogen-bond acceptors (Lipinski definition) is 3. The summed E-state index contributed by atoms with van der Waals surface area (Å²) in [5.41, 5.74) is 12.1. The molecule has 0 atom stereocenters. The molecule has 11 aromatic rings. The second kappa shape index (κ2) is 12.9. The van der Waals surface area contributed by atoms with Crippen LogP contribution in [-0.2, 0) is 0 Å². The highest BCUT2D eigenvalue weighted by molar-refractivity contribution is 7.26. The van der Waals surface area contributed by atoms with Crippen LogP contribution >= 0.6 is 11.3 Å². The van der Waals surface area contributed by atoms with Crippen LogP contribution in [0.1, 0.15) is 0 Å². The zero-order valence-corrected chi connectivity index (χ0v) is 30.6. The number of rotatable bonds is 6. The topological polar surface area (TPSA) is 16.4 Å². The number of furan rings is 1. The van der Waals surface area contributed by atoms with Crippen molar-refractivity contribution < 1.29 is 4.42 Å². The van der Waals surface area contributed by atoms with Gasteiger partial charge in [0.2, 0.25) is 0 Å². The monoisotopic (exact) mass is 719 g/mol. The van der Waals surface area contributed by atoms with Crippen LogP contribution < -0.4 is 4.90 Å². The van der Waals surface area contributed by atoms with Gasteiger partial charge in [-0.25, -0.2) is 0 Å². The molecule has 3 heteroatoms. The number of hydrogen-bond donors (Lipinski definition) is 0. The molecule has 0 aliphatic rings. The normalized spacial score (nSPS) is 11.6. The van der Waals surface area contributed by atoms with Gasteiger partial charge in [-0.05, 0) is 105 Å². The molecule has 258 valence electrons. The van der Waals surface area contributed by atoms with Crippen LogP contribution in [0.4, 0.5) is 17.1 Å². The SMILES string of the molecule is c1ccc(-c2cccc(-c3cccc(N(c4ccc(-c5cccc6ccc7sc8ccccc8c7c56)cc4)c4cccc5oc6ccccc6c45)c3)c2)cc1. The van der Waals surface area contributed by atoms with Crippen molar-refractivity contribution in [1.29, 1.82) is 0 Å². The van der Waals surface area contributed by atoms with E-state index < -0.39 is 0 Å². The number of para-hydroxylation sites is 1. The van der Waals surface area contributed by atoms with Gasteiger partial charge >= 0.3 is 0 Å². The predicted octanol–water partition coefficient (Wildman–Crippen LogP) is 15.6. The first-order valence-electron chi connectivity index (χ1n) is 18.7. The molecule has 2 nitrogen and oxygen atoms in total. The van der Waals surface area contributed by atoms with Crippen molar-refractivity contribution in [3.8, 4) is 33.4 Å². The number of fused-ring (bicyclic) bond motifs is 8. The lowest BCUT2D eigenvalue weighted by molar-refractivity contribution is 0.669. The van der Waals surface area contributed by atoms with Gasteiger partial charge in [0.1, 0.15) is 11.2 Å². The molecule has 0 fully saturated rings. The summed E-state index contributed by atoms with van der Waals surface area (Å²) in [5.74, 6) is 0. The maximum Gasteiger partial charge on any atom is 0.137 e. The number of nitrogens with zero attached hydrogens (tertiary/aromatic N) is 1. The van der Waals surface area contributed by atoms with Crippen molar-refractivity contribution in [3.05, 3.63) is 200 Å². The minimum Gasteiger partial charge on any atom is -0.456 e. The summed E-state index contributed by atoms with van der Waals surface area (Å²) in [6.07, 6.45) is 0. The summed E-state index contributed by atoms with van der Waals surface area (Å²) in [7, 11) is 0. The fourth-order valence-corrected chi connectivity index (χ4v) is 9.44. The molecule has 2 heterocycles. The first-order valence-corrected chi connectivity index (χ1v) is 19.5. The van der Waals surface area contributed by atoms with Crippen LogP contribution in [0.5, 0.6) is 0 Å². The Bertz CT molecular complexity index is 3210. The maximum absolute atomic E-state index is 6.41. The van der Waals surface area contributed by atoms with Gasteiger partial charge in [-0.2, -0.15) is 0 Å². The lowest BCUT2D eigenvalue weighted by Gasteiger charge is -2.27. The zero-order valence-electron chi connectivity index (χ0n) is 29.8. The first-order chi connectivity index (χ1) is 27.3. The third-order valence-corrected chi connectivity index (χ3v) is 12.0. The highest BCUT2D eigenvalue weighted by Gasteiger charge is 2.20. The van der Waals surface area contributed by atoms with Crippen LogP contribution in [0.3, 0.4) is 0 Å². The molecule has 0 spiro atoms. The summed E-state index contributed by atoms with van der Waals surface area (Å²) in [5, 5.41) is 7.42. The average molecular weight is 720 g/mol. The van der Waals surface area contributed by atoms with Crippen LogP contribution in [0.2, 0.25) is 0 Å². The molecule has 11 rings (SSSR count). The average Bonchev–Trinajstić information content (AvgIpc) is 3.84. The van der Waals surface area contributed by atoms with E-state index in [9.17, 15) is 0 Å². The summed E-state index contributed by atoms with van der Waals surface area (Å²) in [4.78, 5) is 2.38. The van der Waals surface area contributed by atoms with E-state index in [1.807, 2.05) is 17.4 Å². The van der Waals surface area contributed by atoms with Gasteiger partial charge in [-0.1, -0.05) is 140 Å². The van der Waals surface area contributed by atoms with Gasteiger partial charge in [0.15, 0.2) is 0 Å². The molecule has 0 aliphatic heterocycles. The summed E-state index contributed by atoms with van der Waals surface area (Å²) < 4.78 is 9.05. The van der Waals surface area contributed by atoms with E-state index in [-0.39, 0.29) is 0 Å². The second-order valence-electron chi connectivity index (χ2n) is 14.1. The third kappa shape index (κ3) is 5.32. The second-order valence-corrected chi connectivity index (χ2v) is 15.2. The predicted molar refractivity (Wildman–Crippen MR) is 235 cm³/mol. The Morgan fingerprint density at radius 3 is 1.91 bits per heavy atom. The van der Waals surface area contributed by atoms with Gasteiger partial charge < -0.3 is 9.32 Å². The first kappa shape index (κ1) is 31.6. The van der Waals surface area contributed by atoms with E-state index in [1.165, 1.54) is 58.8 Å². The van der Waals surface area contributed by atoms with Crippen LogP contribution in [-0.4, -0.2) is 0 Å². The van der Waals surface area contributed by atoms with E-state index in [1.54, 1.807) is 0 Å². The molecule has 0 saturated carbocycles. The van der Waals surface area contributed by atoms with Crippen LogP contribution in [0.15, 0.2) is 205 Å². The van der Waals surface area contributed by atoms with Gasteiger partial charge in [-0.15, -0.1) is 11.3 Å². The van der Waals surface area contributed by atoms with E-state index >= 15 is 0 Å². The van der Waals surface area contributed by atoms with Crippen molar-refractivity contribution in [2.45, 2.75) is 0 Å². The van der Waals surface area contributed by atoms with Crippen molar-refractivity contribution in [2.24, 2.45) is 0 Å². The number of benzene rings is 9. The highest BCUT2D eigenvalue weighted by Crippen LogP contribution is 2.46.